The molecule has 2 heterocycles. The zero-order chi connectivity index (χ0) is 42.7. The minimum Gasteiger partial charge on any atom is -0.344 e. The van der Waals surface area contributed by atoms with Crippen LogP contribution < -0.4 is 5.32 Å². The minimum absolute atomic E-state index is 0.263. The molecule has 0 saturated carbocycles. The zero-order valence-electron chi connectivity index (χ0n) is 34.9. The Bertz CT molecular complexity index is 3250. The molecule has 0 radical (unpaired) electrons. The van der Waals surface area contributed by atoms with Gasteiger partial charge in [-0.05, 0) is 55.8 Å². The van der Waals surface area contributed by atoms with Gasteiger partial charge in [0, 0.05) is 27.8 Å². The van der Waals surface area contributed by atoms with E-state index in [9.17, 15) is 0 Å². The zero-order valence-corrected chi connectivity index (χ0v) is 34.9. The number of aliphatic imine (C=N–C) groups is 2. The Hall–Kier alpha value is -8.54. The highest BCUT2D eigenvalue weighted by molar-refractivity contribution is 6.13. The van der Waals surface area contributed by atoms with Crippen molar-refractivity contribution in [1.82, 2.24) is 15.3 Å². The summed E-state index contributed by atoms with van der Waals surface area (Å²) in [4.78, 5) is 20.2. The van der Waals surface area contributed by atoms with Crippen molar-refractivity contribution in [1.29, 1.82) is 0 Å². The number of fused-ring (bicyclic) bond motifs is 1. The molecule has 11 rings (SSSR count). The first kappa shape index (κ1) is 38.4. The lowest BCUT2D eigenvalue weighted by Crippen LogP contribution is -2.33. The standard InChI is InChI=1S/C59H41N5/c1-5-18-43(19-6-1)53-39-54(61-56(60-53)45-20-7-2-8-21-45)44-33-29-41(30-34-44)49-26-15-16-28-52(49)55-50-27-14-13-17-40(50)37-38-51(55)42-31-35-48(36-32-42)59-63-57(46-22-9-3-10-23-46)62-58(64-59)47-24-11-4-12-25-47/h1-39,57H,(H,62,63,64). The van der Waals surface area contributed by atoms with Crippen LogP contribution in [-0.2, 0) is 0 Å². The van der Waals surface area contributed by atoms with Crippen molar-refractivity contribution in [2.75, 3.05) is 0 Å². The molecule has 0 spiro atoms. The molecule has 1 N–H and O–H groups in total. The Labute approximate surface area is 372 Å². The SMILES string of the molecule is c1ccc(C2=NC(c3ccccc3)NC(c3ccc(-c4ccc5ccccc5c4-c4ccccc4-c4ccc(-c5cc(-c6ccccc6)nc(-c6ccccc6)n5)cc4)cc3)=N2)cc1. The summed E-state index contributed by atoms with van der Waals surface area (Å²) in [5.74, 6) is 2.20. The van der Waals surface area contributed by atoms with Gasteiger partial charge in [-0.1, -0.05) is 231 Å². The highest BCUT2D eigenvalue weighted by atomic mass is 15.2. The van der Waals surface area contributed by atoms with Gasteiger partial charge in [0.15, 0.2) is 11.7 Å². The van der Waals surface area contributed by atoms with Crippen molar-refractivity contribution in [2.24, 2.45) is 9.98 Å². The van der Waals surface area contributed by atoms with E-state index >= 15 is 0 Å². The second kappa shape index (κ2) is 17.1. The van der Waals surface area contributed by atoms with Gasteiger partial charge >= 0.3 is 0 Å². The van der Waals surface area contributed by atoms with E-state index in [1.807, 2.05) is 72.8 Å². The van der Waals surface area contributed by atoms with E-state index in [0.717, 1.165) is 72.9 Å². The Kier molecular flexibility index (Phi) is 10.2. The molecule has 0 aliphatic carbocycles. The van der Waals surface area contributed by atoms with Crippen LogP contribution in [0.2, 0.25) is 0 Å². The van der Waals surface area contributed by atoms with Crippen LogP contribution in [0.4, 0.5) is 0 Å². The Balaban J connectivity index is 0.967. The van der Waals surface area contributed by atoms with Crippen molar-refractivity contribution >= 4 is 22.4 Å². The number of hydrogen-bond donors (Lipinski definition) is 1. The van der Waals surface area contributed by atoms with E-state index in [4.69, 9.17) is 20.0 Å². The molecule has 5 heteroatoms. The first-order valence-electron chi connectivity index (χ1n) is 21.6. The molecule has 5 nitrogen and oxygen atoms in total. The van der Waals surface area contributed by atoms with E-state index < -0.39 is 0 Å². The van der Waals surface area contributed by atoms with Crippen LogP contribution in [0.5, 0.6) is 0 Å². The fourth-order valence-electron chi connectivity index (χ4n) is 8.57. The van der Waals surface area contributed by atoms with Gasteiger partial charge in [0.25, 0.3) is 0 Å². The topological polar surface area (TPSA) is 62.5 Å². The van der Waals surface area contributed by atoms with Gasteiger partial charge in [-0.3, -0.25) is 0 Å². The van der Waals surface area contributed by atoms with Crippen molar-refractivity contribution < 1.29 is 0 Å². The van der Waals surface area contributed by atoms with Crippen LogP contribution in [0.3, 0.4) is 0 Å². The van der Waals surface area contributed by atoms with Crippen molar-refractivity contribution in [3.05, 3.63) is 253 Å². The Morgan fingerprint density at radius 3 is 1.53 bits per heavy atom. The summed E-state index contributed by atoms with van der Waals surface area (Å²) in [5.41, 5.74) is 14.8. The largest absolute Gasteiger partial charge is 0.344 e. The summed E-state index contributed by atoms with van der Waals surface area (Å²) in [6, 6.07) is 82.6. The van der Waals surface area contributed by atoms with Crippen LogP contribution in [0.1, 0.15) is 22.9 Å². The predicted molar refractivity (Wildman–Crippen MR) is 264 cm³/mol. The third kappa shape index (κ3) is 7.67. The lowest BCUT2D eigenvalue weighted by atomic mass is 9.85. The first-order chi connectivity index (χ1) is 31.7. The van der Waals surface area contributed by atoms with Gasteiger partial charge in [-0.15, -0.1) is 0 Å². The molecule has 0 fully saturated rings. The van der Waals surface area contributed by atoms with Crippen LogP contribution in [0.15, 0.2) is 247 Å². The van der Waals surface area contributed by atoms with E-state index in [2.05, 4.69) is 169 Å². The number of nitrogens with one attached hydrogen (secondary N) is 1. The average Bonchev–Trinajstić information content (AvgIpc) is 3.39. The third-order valence-electron chi connectivity index (χ3n) is 11.8. The molecule has 1 aliphatic rings. The fraction of sp³-hybridized carbons (Fsp3) is 0.0169. The highest BCUT2D eigenvalue weighted by Gasteiger charge is 2.22. The number of benzene rings is 9. The highest BCUT2D eigenvalue weighted by Crippen LogP contribution is 2.43. The van der Waals surface area contributed by atoms with Crippen LogP contribution in [0.25, 0.3) is 78.1 Å². The second-order valence-electron chi connectivity index (χ2n) is 15.8. The minimum atomic E-state index is -0.263. The van der Waals surface area contributed by atoms with Gasteiger partial charge < -0.3 is 5.32 Å². The molecular formula is C59H41N5. The summed E-state index contributed by atoms with van der Waals surface area (Å²) in [6.07, 6.45) is -0.263. The lowest BCUT2D eigenvalue weighted by molar-refractivity contribution is 0.674. The summed E-state index contributed by atoms with van der Waals surface area (Å²) >= 11 is 0. The summed E-state index contributed by atoms with van der Waals surface area (Å²) < 4.78 is 0. The number of amidine groups is 2. The van der Waals surface area contributed by atoms with Gasteiger partial charge in [0.1, 0.15) is 12.0 Å². The maximum atomic E-state index is 5.09. The molecule has 9 aromatic carbocycles. The molecule has 1 atom stereocenters. The maximum Gasteiger partial charge on any atom is 0.160 e. The fourth-order valence-corrected chi connectivity index (χ4v) is 8.57. The summed E-state index contributed by atoms with van der Waals surface area (Å²) in [5, 5.41) is 6.01. The molecular weight excluding hydrogens is 779 g/mol. The van der Waals surface area contributed by atoms with Crippen molar-refractivity contribution in [3.8, 4) is 67.3 Å². The molecule has 10 aromatic rings. The molecule has 0 saturated heterocycles. The first-order valence-corrected chi connectivity index (χ1v) is 21.6. The summed E-state index contributed by atoms with van der Waals surface area (Å²) in [7, 11) is 0. The molecule has 1 unspecified atom stereocenters. The Morgan fingerprint density at radius 1 is 0.359 bits per heavy atom. The third-order valence-corrected chi connectivity index (χ3v) is 11.8. The maximum absolute atomic E-state index is 5.09. The van der Waals surface area contributed by atoms with E-state index in [1.54, 1.807) is 0 Å². The molecule has 1 aliphatic heterocycles. The monoisotopic (exact) mass is 819 g/mol. The van der Waals surface area contributed by atoms with Gasteiger partial charge in [-0.25, -0.2) is 20.0 Å². The van der Waals surface area contributed by atoms with Gasteiger partial charge in [0.2, 0.25) is 0 Å². The predicted octanol–water partition coefficient (Wildman–Crippen LogP) is 14.1. The van der Waals surface area contributed by atoms with Crippen LogP contribution in [0, 0.1) is 0 Å². The normalized spacial score (nSPS) is 13.5. The Morgan fingerprint density at radius 2 is 0.859 bits per heavy atom. The van der Waals surface area contributed by atoms with Gasteiger partial charge in [-0.2, -0.15) is 0 Å². The number of hydrogen-bond acceptors (Lipinski definition) is 5. The summed E-state index contributed by atoms with van der Waals surface area (Å²) in [6.45, 7) is 0. The number of nitrogens with zero attached hydrogens (tertiary/aromatic N) is 4. The average molecular weight is 820 g/mol. The molecule has 302 valence electrons. The van der Waals surface area contributed by atoms with E-state index in [0.29, 0.717) is 11.7 Å². The number of aromatic nitrogens is 2. The molecule has 0 bridgehead atoms. The quantitative estimate of drug-likeness (QED) is 0.158. The van der Waals surface area contributed by atoms with Crippen molar-refractivity contribution in [3.63, 3.8) is 0 Å². The molecule has 0 amide bonds. The van der Waals surface area contributed by atoms with E-state index in [-0.39, 0.29) is 6.17 Å². The second-order valence-corrected chi connectivity index (χ2v) is 15.8. The smallest absolute Gasteiger partial charge is 0.160 e. The molecule has 1 aromatic heterocycles. The van der Waals surface area contributed by atoms with Gasteiger partial charge in [0.05, 0.1) is 11.4 Å². The lowest BCUT2D eigenvalue weighted by Gasteiger charge is -2.24. The van der Waals surface area contributed by atoms with Crippen LogP contribution in [-0.4, -0.2) is 21.6 Å². The molecule has 64 heavy (non-hydrogen) atoms. The number of rotatable bonds is 9. The van der Waals surface area contributed by atoms with Crippen molar-refractivity contribution in [2.45, 2.75) is 6.17 Å². The van der Waals surface area contributed by atoms with Crippen LogP contribution >= 0.6 is 0 Å². The van der Waals surface area contributed by atoms with E-state index in [1.165, 1.54) is 21.9 Å².